The average molecular weight is 356 g/mol. The van der Waals surface area contributed by atoms with Gasteiger partial charge in [-0.2, -0.15) is 13.2 Å². The maximum atomic E-state index is 13.0. The molecule has 0 radical (unpaired) electrons. The summed E-state index contributed by atoms with van der Waals surface area (Å²) in [6, 6.07) is 5.44. The van der Waals surface area contributed by atoms with Gasteiger partial charge in [0, 0.05) is 18.5 Å². The lowest BCUT2D eigenvalue weighted by molar-refractivity contribution is -0.137. The number of halogens is 3. The quantitative estimate of drug-likeness (QED) is 0.853. The molecule has 1 amide bonds. The average Bonchev–Trinajstić information content (AvgIpc) is 3.02. The van der Waals surface area contributed by atoms with Crippen molar-refractivity contribution in [3.05, 3.63) is 35.4 Å². The number of ether oxygens (including phenoxy) is 1. The van der Waals surface area contributed by atoms with Crippen LogP contribution in [0.25, 0.3) is 0 Å². The Kier molecular flexibility index (Phi) is 5.06. The Morgan fingerprint density at radius 3 is 2.64 bits per heavy atom. The number of benzene rings is 1. The fourth-order valence-electron chi connectivity index (χ4n) is 3.64. The first-order chi connectivity index (χ1) is 11.8. The smallest absolute Gasteiger partial charge is 0.364 e. The predicted molar refractivity (Wildman–Crippen MR) is 86.9 cm³/mol. The minimum Gasteiger partial charge on any atom is -0.364 e. The highest BCUT2D eigenvalue weighted by molar-refractivity contribution is 5.81. The maximum Gasteiger partial charge on any atom is 0.416 e. The molecule has 0 unspecified atom stereocenters. The number of carbonyl (C=O) groups is 1. The molecule has 7 heteroatoms. The van der Waals surface area contributed by atoms with E-state index in [-0.39, 0.29) is 12.0 Å². The van der Waals surface area contributed by atoms with Gasteiger partial charge >= 0.3 is 6.18 Å². The molecule has 138 valence electrons. The number of carbonyl (C=O) groups excluding carboxylic acids is 1. The van der Waals surface area contributed by atoms with Crippen LogP contribution in [0.3, 0.4) is 0 Å². The van der Waals surface area contributed by atoms with Gasteiger partial charge in [-0.3, -0.25) is 4.79 Å². The van der Waals surface area contributed by atoms with Gasteiger partial charge in [0.1, 0.15) is 6.10 Å². The highest BCUT2D eigenvalue weighted by Crippen LogP contribution is 2.44. The Morgan fingerprint density at radius 1 is 1.32 bits per heavy atom. The van der Waals surface area contributed by atoms with Crippen molar-refractivity contribution in [2.45, 2.75) is 55.9 Å². The molecule has 1 aromatic carbocycles. The van der Waals surface area contributed by atoms with E-state index < -0.39 is 23.3 Å². The van der Waals surface area contributed by atoms with Crippen molar-refractivity contribution < 1.29 is 22.7 Å². The molecule has 1 saturated heterocycles. The molecule has 3 rings (SSSR count). The third-order valence-electron chi connectivity index (χ3n) is 5.38. The van der Waals surface area contributed by atoms with Gasteiger partial charge in [0.15, 0.2) is 0 Å². The fourth-order valence-corrected chi connectivity index (χ4v) is 3.64. The molecule has 1 aliphatic heterocycles. The zero-order chi connectivity index (χ0) is 18.1. The number of hydrogen-bond donors (Lipinski definition) is 2. The van der Waals surface area contributed by atoms with E-state index in [1.165, 1.54) is 12.1 Å². The van der Waals surface area contributed by atoms with Gasteiger partial charge in [0.2, 0.25) is 5.91 Å². The van der Waals surface area contributed by atoms with Crippen LogP contribution >= 0.6 is 0 Å². The van der Waals surface area contributed by atoms with Crippen molar-refractivity contribution in [3.63, 3.8) is 0 Å². The van der Waals surface area contributed by atoms with Gasteiger partial charge in [-0.1, -0.05) is 24.6 Å². The summed E-state index contributed by atoms with van der Waals surface area (Å²) < 4.78 is 44.5. The Bertz CT molecular complexity index is 629. The minimum absolute atomic E-state index is 0.0862. The summed E-state index contributed by atoms with van der Waals surface area (Å²) in [6.45, 7) is 0.720. The van der Waals surface area contributed by atoms with E-state index in [0.717, 1.165) is 31.7 Å². The van der Waals surface area contributed by atoms with E-state index in [1.54, 1.807) is 6.07 Å². The van der Waals surface area contributed by atoms with Gasteiger partial charge in [0.25, 0.3) is 0 Å². The molecule has 2 fully saturated rings. The second-order valence-electron chi connectivity index (χ2n) is 6.99. The first-order valence-corrected chi connectivity index (χ1v) is 8.65. The van der Waals surface area contributed by atoms with Crippen LogP contribution in [0.15, 0.2) is 24.3 Å². The summed E-state index contributed by atoms with van der Waals surface area (Å²) >= 11 is 0. The van der Waals surface area contributed by atoms with Crippen molar-refractivity contribution in [2.75, 3.05) is 13.1 Å². The molecular weight excluding hydrogens is 333 g/mol. The second-order valence-corrected chi connectivity index (χ2v) is 6.99. The van der Waals surface area contributed by atoms with Crippen LogP contribution in [0.5, 0.6) is 0 Å². The summed E-state index contributed by atoms with van der Waals surface area (Å²) in [5.41, 5.74) is 5.13. The molecule has 0 spiro atoms. The lowest BCUT2D eigenvalue weighted by Gasteiger charge is -2.43. The standard InChI is InChI=1S/C18H23F3N2O2/c19-18(20,21)13-4-1-3-12(9-13)17(7-2-8-17)11-23-16(24)15-6-5-14(10-22)25-15/h1,3-4,9,14-15H,2,5-8,10-11,22H2,(H,23,24)/t14-,15+/m1/s1. The molecule has 1 saturated carbocycles. The molecule has 1 aromatic rings. The summed E-state index contributed by atoms with van der Waals surface area (Å²) in [6.07, 6.45) is -1.08. The van der Waals surface area contributed by atoms with Crippen molar-refractivity contribution in [1.29, 1.82) is 0 Å². The van der Waals surface area contributed by atoms with E-state index in [9.17, 15) is 18.0 Å². The number of alkyl halides is 3. The first kappa shape index (κ1) is 18.2. The predicted octanol–water partition coefficient (Wildman–Crippen LogP) is 2.75. The van der Waals surface area contributed by atoms with Crippen molar-refractivity contribution >= 4 is 5.91 Å². The number of hydrogen-bond acceptors (Lipinski definition) is 3. The van der Waals surface area contributed by atoms with Crippen LogP contribution in [-0.4, -0.2) is 31.2 Å². The summed E-state index contributed by atoms with van der Waals surface area (Å²) in [7, 11) is 0. The maximum absolute atomic E-state index is 13.0. The molecule has 0 bridgehead atoms. The van der Waals surface area contributed by atoms with Crippen LogP contribution in [0.4, 0.5) is 13.2 Å². The summed E-state index contributed by atoms with van der Waals surface area (Å²) in [5, 5.41) is 2.88. The lowest BCUT2D eigenvalue weighted by Crippen LogP contribution is -2.48. The normalized spacial score (nSPS) is 25.4. The lowest BCUT2D eigenvalue weighted by atomic mass is 9.64. The van der Waals surface area contributed by atoms with E-state index in [1.807, 2.05) is 0 Å². The zero-order valence-electron chi connectivity index (χ0n) is 13.9. The summed E-state index contributed by atoms with van der Waals surface area (Å²) in [4.78, 5) is 12.3. The van der Waals surface area contributed by atoms with Gasteiger partial charge in [-0.25, -0.2) is 0 Å². The topological polar surface area (TPSA) is 64.4 Å². The van der Waals surface area contributed by atoms with E-state index >= 15 is 0 Å². The first-order valence-electron chi connectivity index (χ1n) is 8.65. The third-order valence-corrected chi connectivity index (χ3v) is 5.38. The Labute approximate surface area is 144 Å². The van der Waals surface area contributed by atoms with Gasteiger partial charge in [0.05, 0.1) is 11.7 Å². The molecule has 1 heterocycles. The SMILES string of the molecule is NC[C@H]1CC[C@@H](C(=O)NCC2(c3cccc(C(F)(F)F)c3)CCC2)O1. The van der Waals surface area contributed by atoms with Crippen molar-refractivity contribution in [1.82, 2.24) is 5.32 Å². The van der Waals surface area contributed by atoms with Crippen LogP contribution < -0.4 is 11.1 Å². The number of amides is 1. The van der Waals surface area contributed by atoms with E-state index in [0.29, 0.717) is 25.1 Å². The van der Waals surface area contributed by atoms with Gasteiger partial charge in [-0.05, 0) is 37.3 Å². The molecule has 2 aliphatic rings. The van der Waals surface area contributed by atoms with Gasteiger partial charge < -0.3 is 15.8 Å². The van der Waals surface area contributed by atoms with E-state index in [4.69, 9.17) is 10.5 Å². The van der Waals surface area contributed by atoms with Crippen LogP contribution in [-0.2, 0) is 21.1 Å². The number of nitrogens with two attached hydrogens (primary N) is 1. The fraction of sp³-hybridized carbons (Fsp3) is 0.611. The molecule has 3 N–H and O–H groups in total. The van der Waals surface area contributed by atoms with Crippen molar-refractivity contribution in [3.8, 4) is 0 Å². The van der Waals surface area contributed by atoms with Crippen LogP contribution in [0, 0.1) is 0 Å². The minimum atomic E-state index is -4.36. The van der Waals surface area contributed by atoms with Crippen LogP contribution in [0.2, 0.25) is 0 Å². The molecule has 2 atom stereocenters. The van der Waals surface area contributed by atoms with E-state index in [2.05, 4.69) is 5.32 Å². The Morgan fingerprint density at radius 2 is 2.08 bits per heavy atom. The third kappa shape index (κ3) is 3.82. The Hall–Kier alpha value is -1.60. The zero-order valence-corrected chi connectivity index (χ0v) is 13.9. The van der Waals surface area contributed by atoms with Gasteiger partial charge in [-0.15, -0.1) is 0 Å². The largest absolute Gasteiger partial charge is 0.416 e. The monoisotopic (exact) mass is 356 g/mol. The van der Waals surface area contributed by atoms with Crippen molar-refractivity contribution in [2.24, 2.45) is 5.73 Å². The number of rotatable bonds is 5. The summed E-state index contributed by atoms with van der Waals surface area (Å²) in [5.74, 6) is -0.200. The van der Waals surface area contributed by atoms with Crippen LogP contribution in [0.1, 0.15) is 43.2 Å². The second kappa shape index (κ2) is 6.96. The highest BCUT2D eigenvalue weighted by atomic mass is 19.4. The highest BCUT2D eigenvalue weighted by Gasteiger charge is 2.41. The molecular formula is C18H23F3N2O2. The Balaban J connectivity index is 1.67. The molecule has 0 aromatic heterocycles. The molecule has 1 aliphatic carbocycles. The number of nitrogens with one attached hydrogen (secondary N) is 1. The molecule has 25 heavy (non-hydrogen) atoms. The molecule has 4 nitrogen and oxygen atoms in total.